The largest absolute Gasteiger partial charge is 0.497 e. The molecule has 9 nitrogen and oxygen atoms in total. The Bertz CT molecular complexity index is 1140. The molecule has 2 N–H and O–H groups in total. The molecular weight excluding hydrogens is 410 g/mol. The van der Waals surface area contributed by atoms with Gasteiger partial charge in [0.15, 0.2) is 0 Å². The van der Waals surface area contributed by atoms with Crippen LogP contribution < -0.4 is 14.8 Å². The van der Waals surface area contributed by atoms with Crippen LogP contribution in [0.2, 0.25) is 0 Å². The van der Waals surface area contributed by atoms with E-state index in [-0.39, 0.29) is 41.8 Å². The maximum atomic E-state index is 12.9. The molecule has 1 unspecified atom stereocenters. The highest BCUT2D eigenvalue weighted by Gasteiger charge is 2.39. The molecule has 0 aliphatic carbocycles. The summed E-state index contributed by atoms with van der Waals surface area (Å²) in [6, 6.07) is 9.89. The van der Waals surface area contributed by atoms with Crippen molar-refractivity contribution in [1.29, 1.82) is 0 Å². The van der Waals surface area contributed by atoms with Crippen LogP contribution in [-0.2, 0) is 26.2 Å². The lowest BCUT2D eigenvalue weighted by atomic mass is 10.0. The summed E-state index contributed by atoms with van der Waals surface area (Å²) >= 11 is 0. The number of anilines is 1. The first kappa shape index (κ1) is 19.9. The molecule has 2 heterocycles. The third-order valence-electron chi connectivity index (χ3n) is 5.15. The summed E-state index contributed by atoms with van der Waals surface area (Å²) in [6.07, 6.45) is 0.435. The smallest absolute Gasteiger partial charge is 0.261 e. The third-order valence-corrected chi connectivity index (χ3v) is 6.55. The molecule has 1 saturated heterocycles. The minimum absolute atomic E-state index is 0.0558. The van der Waals surface area contributed by atoms with Crippen LogP contribution >= 0.6 is 0 Å². The second kappa shape index (κ2) is 7.45. The number of carbonyl (C=O) groups is 3. The number of carbonyl (C=O) groups excluding carboxylic acids is 3. The summed E-state index contributed by atoms with van der Waals surface area (Å²) in [7, 11) is -2.37. The molecule has 0 radical (unpaired) electrons. The summed E-state index contributed by atoms with van der Waals surface area (Å²) < 4.78 is 32.8. The van der Waals surface area contributed by atoms with E-state index in [9.17, 15) is 22.8 Å². The topological polar surface area (TPSA) is 122 Å². The fraction of sp³-hybridized carbons (Fsp3) is 0.250. The predicted octanol–water partition coefficient (Wildman–Crippen LogP) is 1.26. The van der Waals surface area contributed by atoms with Gasteiger partial charge in [-0.3, -0.25) is 24.4 Å². The van der Waals surface area contributed by atoms with E-state index < -0.39 is 22.0 Å². The van der Waals surface area contributed by atoms with Crippen LogP contribution in [0.15, 0.2) is 47.4 Å². The van der Waals surface area contributed by atoms with Gasteiger partial charge in [0.2, 0.25) is 11.8 Å². The van der Waals surface area contributed by atoms with Crippen molar-refractivity contribution in [2.24, 2.45) is 0 Å². The van der Waals surface area contributed by atoms with Gasteiger partial charge < -0.3 is 9.64 Å². The van der Waals surface area contributed by atoms with Gasteiger partial charge in [0, 0.05) is 24.2 Å². The second-order valence-corrected chi connectivity index (χ2v) is 8.74. The Kier molecular flexibility index (Phi) is 4.94. The zero-order chi connectivity index (χ0) is 21.5. The summed E-state index contributed by atoms with van der Waals surface area (Å²) in [4.78, 5) is 37.8. The average Bonchev–Trinajstić information content (AvgIpc) is 3.04. The Morgan fingerprint density at radius 1 is 1.10 bits per heavy atom. The quantitative estimate of drug-likeness (QED) is 0.690. The normalized spacial score (nSPS) is 18.8. The highest BCUT2D eigenvalue weighted by molar-refractivity contribution is 7.92. The lowest BCUT2D eigenvalue weighted by Gasteiger charge is -2.29. The number of hydrogen-bond donors (Lipinski definition) is 2. The zero-order valence-electron chi connectivity index (χ0n) is 16.0. The first-order valence-corrected chi connectivity index (χ1v) is 10.7. The maximum Gasteiger partial charge on any atom is 0.261 e. The van der Waals surface area contributed by atoms with E-state index in [1.165, 1.54) is 30.2 Å². The SMILES string of the molecule is COc1ccc(S(=O)(=O)Nc2ccc3c(c2)C(=O)N(C2CCC(=O)NC2=O)C3)cc1. The van der Waals surface area contributed by atoms with Gasteiger partial charge in [-0.25, -0.2) is 8.42 Å². The number of sulfonamides is 1. The molecule has 1 atom stereocenters. The molecule has 30 heavy (non-hydrogen) atoms. The number of hydrogen-bond acceptors (Lipinski definition) is 6. The summed E-state index contributed by atoms with van der Waals surface area (Å²) in [6.45, 7) is 0.228. The Morgan fingerprint density at radius 2 is 1.83 bits per heavy atom. The number of piperidine rings is 1. The van der Waals surface area contributed by atoms with E-state index in [1.54, 1.807) is 24.3 Å². The van der Waals surface area contributed by atoms with Gasteiger partial charge in [-0.2, -0.15) is 0 Å². The first-order chi connectivity index (χ1) is 14.3. The number of rotatable bonds is 5. The molecule has 1 fully saturated rings. The van der Waals surface area contributed by atoms with Gasteiger partial charge in [-0.15, -0.1) is 0 Å². The molecule has 0 bridgehead atoms. The highest BCUT2D eigenvalue weighted by atomic mass is 32.2. The number of ether oxygens (including phenoxy) is 1. The van der Waals surface area contributed by atoms with E-state index >= 15 is 0 Å². The molecular formula is C20H19N3O6S. The average molecular weight is 429 g/mol. The molecule has 3 amide bonds. The van der Waals surface area contributed by atoms with Crippen molar-refractivity contribution in [3.63, 3.8) is 0 Å². The van der Waals surface area contributed by atoms with Gasteiger partial charge in [0.05, 0.1) is 12.0 Å². The van der Waals surface area contributed by atoms with Crippen LogP contribution in [0.3, 0.4) is 0 Å². The van der Waals surface area contributed by atoms with Crippen LogP contribution in [-0.4, -0.2) is 44.2 Å². The molecule has 2 aliphatic heterocycles. The Balaban J connectivity index is 1.54. The summed E-state index contributed by atoms with van der Waals surface area (Å²) in [5.41, 5.74) is 1.26. The number of fused-ring (bicyclic) bond motifs is 1. The summed E-state index contributed by atoms with van der Waals surface area (Å²) in [5, 5.41) is 2.25. The Hall–Kier alpha value is -3.40. The van der Waals surface area contributed by atoms with Crippen molar-refractivity contribution in [3.8, 4) is 5.75 Å². The predicted molar refractivity (Wildman–Crippen MR) is 106 cm³/mol. The fourth-order valence-electron chi connectivity index (χ4n) is 3.59. The molecule has 0 saturated carbocycles. The van der Waals surface area contributed by atoms with Gasteiger partial charge in [-0.05, 0) is 48.4 Å². The van der Waals surface area contributed by atoms with Crippen LogP contribution in [0.25, 0.3) is 0 Å². The number of nitrogens with one attached hydrogen (secondary N) is 2. The molecule has 2 aromatic carbocycles. The highest BCUT2D eigenvalue weighted by Crippen LogP contribution is 2.30. The molecule has 2 aliphatic rings. The van der Waals surface area contributed by atoms with Crippen LogP contribution in [0, 0.1) is 0 Å². The number of benzene rings is 2. The van der Waals surface area contributed by atoms with E-state index in [1.807, 2.05) is 0 Å². The zero-order valence-corrected chi connectivity index (χ0v) is 16.9. The lowest BCUT2D eigenvalue weighted by Crippen LogP contribution is -2.52. The van der Waals surface area contributed by atoms with E-state index in [4.69, 9.17) is 4.74 Å². The van der Waals surface area contributed by atoms with Gasteiger partial charge in [0.25, 0.3) is 15.9 Å². The lowest BCUT2D eigenvalue weighted by molar-refractivity contribution is -0.136. The number of nitrogens with zero attached hydrogens (tertiary/aromatic N) is 1. The monoisotopic (exact) mass is 429 g/mol. The van der Waals surface area contributed by atoms with Crippen molar-refractivity contribution >= 4 is 33.4 Å². The molecule has 2 aromatic rings. The Morgan fingerprint density at radius 3 is 2.50 bits per heavy atom. The van der Waals surface area contributed by atoms with Crippen molar-refractivity contribution < 1.29 is 27.5 Å². The molecule has 0 spiro atoms. The van der Waals surface area contributed by atoms with Gasteiger partial charge >= 0.3 is 0 Å². The number of methoxy groups -OCH3 is 1. The van der Waals surface area contributed by atoms with Gasteiger partial charge in [0.1, 0.15) is 11.8 Å². The van der Waals surface area contributed by atoms with Crippen LogP contribution in [0.4, 0.5) is 5.69 Å². The van der Waals surface area contributed by atoms with E-state index in [0.29, 0.717) is 16.9 Å². The van der Waals surface area contributed by atoms with Crippen molar-refractivity contribution in [2.75, 3.05) is 11.8 Å². The molecule has 0 aromatic heterocycles. The number of imide groups is 1. The summed E-state index contributed by atoms with van der Waals surface area (Å²) in [5.74, 6) is -0.681. The first-order valence-electron chi connectivity index (χ1n) is 9.23. The van der Waals surface area contributed by atoms with Gasteiger partial charge in [-0.1, -0.05) is 6.07 Å². The van der Waals surface area contributed by atoms with Crippen molar-refractivity contribution in [1.82, 2.24) is 10.2 Å². The fourth-order valence-corrected chi connectivity index (χ4v) is 4.64. The molecule has 4 rings (SSSR count). The molecule has 10 heteroatoms. The maximum absolute atomic E-state index is 12.9. The van der Waals surface area contributed by atoms with Crippen molar-refractivity contribution in [3.05, 3.63) is 53.6 Å². The minimum Gasteiger partial charge on any atom is -0.497 e. The van der Waals surface area contributed by atoms with Crippen LogP contribution in [0.1, 0.15) is 28.8 Å². The van der Waals surface area contributed by atoms with Crippen molar-refractivity contribution in [2.45, 2.75) is 30.3 Å². The third kappa shape index (κ3) is 3.61. The van der Waals surface area contributed by atoms with Crippen LogP contribution in [0.5, 0.6) is 5.75 Å². The van der Waals surface area contributed by atoms with E-state index in [0.717, 1.165) is 0 Å². The minimum atomic E-state index is -3.85. The second-order valence-electron chi connectivity index (χ2n) is 7.05. The molecule has 156 valence electrons. The standard InChI is InChI=1S/C20H19N3O6S/c1-29-14-4-6-15(7-5-14)30(27,28)22-13-3-2-12-11-23(20(26)16(12)10-13)17-8-9-18(24)21-19(17)25/h2-7,10,17,22H,8-9,11H2,1H3,(H,21,24,25). The number of amides is 3. The Labute approximate surface area is 173 Å². The van der Waals surface area contributed by atoms with E-state index in [2.05, 4.69) is 10.0 Å².